The number of benzene rings is 1. The van der Waals surface area contributed by atoms with Crippen LogP contribution in [0.2, 0.25) is 5.22 Å². The van der Waals surface area contributed by atoms with Crippen LogP contribution < -0.4 is 20.7 Å². The Morgan fingerprint density at radius 2 is 1.90 bits per heavy atom. The monoisotopic (exact) mass is 310 g/mol. The Bertz CT molecular complexity index is 586. The van der Waals surface area contributed by atoms with E-state index in [2.05, 4.69) is 5.43 Å². The number of nitrogens with one attached hydrogen (secondary N) is 1. The fraction of sp³-hybridized carbons (Fsp3) is 0.333. The van der Waals surface area contributed by atoms with Crippen LogP contribution in [-0.4, -0.2) is 13.2 Å². The number of furan rings is 1. The highest BCUT2D eigenvalue weighted by Crippen LogP contribution is 2.34. The van der Waals surface area contributed by atoms with Gasteiger partial charge < -0.3 is 13.9 Å². The molecule has 0 amide bonds. The van der Waals surface area contributed by atoms with Crippen LogP contribution in [0.4, 0.5) is 0 Å². The maximum absolute atomic E-state index is 6.03. The second-order valence-electron chi connectivity index (χ2n) is 4.32. The summed E-state index contributed by atoms with van der Waals surface area (Å²) < 4.78 is 16.3. The molecule has 0 aliphatic heterocycles. The lowest BCUT2D eigenvalue weighted by Gasteiger charge is -2.18. The van der Waals surface area contributed by atoms with Crippen LogP contribution in [0.5, 0.6) is 11.5 Å². The van der Waals surface area contributed by atoms with E-state index in [0.29, 0.717) is 29.9 Å². The topological polar surface area (TPSA) is 69.7 Å². The van der Waals surface area contributed by atoms with Gasteiger partial charge in [0, 0.05) is 5.56 Å². The zero-order valence-electron chi connectivity index (χ0n) is 12.1. The van der Waals surface area contributed by atoms with Crippen LogP contribution in [0.25, 0.3) is 0 Å². The van der Waals surface area contributed by atoms with Crippen LogP contribution in [0, 0.1) is 0 Å². The van der Waals surface area contributed by atoms with E-state index in [0.717, 1.165) is 11.1 Å². The number of hydrogen-bond acceptors (Lipinski definition) is 5. The van der Waals surface area contributed by atoms with Crippen molar-refractivity contribution < 1.29 is 13.9 Å². The van der Waals surface area contributed by atoms with Crippen LogP contribution in [0.15, 0.2) is 34.9 Å². The van der Waals surface area contributed by atoms with Gasteiger partial charge in [-0.05, 0) is 49.2 Å². The minimum Gasteiger partial charge on any atom is -0.490 e. The summed E-state index contributed by atoms with van der Waals surface area (Å²) in [7, 11) is 0. The molecule has 1 atom stereocenters. The van der Waals surface area contributed by atoms with Gasteiger partial charge in [0.2, 0.25) is 0 Å². The SMILES string of the molecule is CCOc1ccc(C(NN)c2ccoc2Cl)cc1OCC. The number of nitrogens with two attached hydrogens (primary N) is 1. The third kappa shape index (κ3) is 3.50. The summed E-state index contributed by atoms with van der Waals surface area (Å²) in [5, 5.41) is 0.310. The molecule has 2 rings (SSSR count). The Kier molecular flexibility index (Phi) is 5.50. The summed E-state index contributed by atoms with van der Waals surface area (Å²) in [6.07, 6.45) is 1.53. The molecule has 3 N–H and O–H groups in total. The molecule has 0 saturated heterocycles. The largest absolute Gasteiger partial charge is 0.490 e. The van der Waals surface area contributed by atoms with Crippen molar-refractivity contribution in [3.63, 3.8) is 0 Å². The zero-order valence-corrected chi connectivity index (χ0v) is 12.8. The second kappa shape index (κ2) is 7.36. The van der Waals surface area contributed by atoms with E-state index in [4.69, 9.17) is 31.3 Å². The second-order valence-corrected chi connectivity index (χ2v) is 4.66. The van der Waals surface area contributed by atoms with Crippen molar-refractivity contribution in [2.24, 2.45) is 5.84 Å². The standard InChI is InChI=1S/C15H19ClN2O3/c1-3-19-12-6-5-10(9-13(12)20-4-2)14(18-17)11-7-8-21-15(11)16/h5-9,14,18H,3-4,17H2,1-2H3. The van der Waals surface area contributed by atoms with Crippen molar-refractivity contribution in [3.05, 3.63) is 46.9 Å². The highest BCUT2D eigenvalue weighted by Gasteiger charge is 2.19. The number of rotatable bonds is 7. The van der Waals surface area contributed by atoms with E-state index in [9.17, 15) is 0 Å². The normalized spacial score (nSPS) is 12.2. The van der Waals surface area contributed by atoms with Crippen LogP contribution in [0.1, 0.15) is 31.0 Å². The molecule has 0 fully saturated rings. The molecule has 1 aromatic carbocycles. The molecule has 0 aliphatic carbocycles. The van der Waals surface area contributed by atoms with E-state index in [1.807, 2.05) is 32.0 Å². The Labute approximate surface area is 128 Å². The molecule has 0 bridgehead atoms. The average molecular weight is 311 g/mol. The average Bonchev–Trinajstić information content (AvgIpc) is 2.89. The van der Waals surface area contributed by atoms with Gasteiger partial charge in [-0.15, -0.1) is 0 Å². The Morgan fingerprint density at radius 3 is 2.48 bits per heavy atom. The molecule has 0 radical (unpaired) electrons. The molecule has 1 unspecified atom stereocenters. The van der Waals surface area contributed by atoms with Crippen molar-refractivity contribution in [1.29, 1.82) is 0 Å². The fourth-order valence-corrected chi connectivity index (χ4v) is 2.35. The minimum atomic E-state index is -0.286. The van der Waals surface area contributed by atoms with Crippen molar-refractivity contribution >= 4 is 11.6 Å². The van der Waals surface area contributed by atoms with E-state index in [-0.39, 0.29) is 6.04 Å². The highest BCUT2D eigenvalue weighted by molar-refractivity contribution is 6.29. The summed E-state index contributed by atoms with van der Waals surface area (Å²) in [5.74, 6) is 7.05. The van der Waals surface area contributed by atoms with Crippen molar-refractivity contribution in [1.82, 2.24) is 5.43 Å². The molecule has 1 aromatic heterocycles. The summed E-state index contributed by atoms with van der Waals surface area (Å²) >= 11 is 6.03. The Hall–Kier alpha value is -1.69. The fourth-order valence-electron chi connectivity index (χ4n) is 2.12. The first kappa shape index (κ1) is 15.7. The van der Waals surface area contributed by atoms with Crippen LogP contribution in [-0.2, 0) is 0 Å². The summed E-state index contributed by atoms with van der Waals surface area (Å²) in [6, 6.07) is 7.17. The smallest absolute Gasteiger partial charge is 0.198 e. The highest BCUT2D eigenvalue weighted by atomic mass is 35.5. The molecule has 6 heteroatoms. The van der Waals surface area contributed by atoms with Gasteiger partial charge in [-0.1, -0.05) is 6.07 Å². The van der Waals surface area contributed by atoms with Gasteiger partial charge in [0.15, 0.2) is 16.7 Å². The third-order valence-corrected chi connectivity index (χ3v) is 3.33. The molecule has 1 heterocycles. The van der Waals surface area contributed by atoms with Gasteiger partial charge in [0.1, 0.15) is 0 Å². The number of hydrogen-bond donors (Lipinski definition) is 2. The maximum Gasteiger partial charge on any atom is 0.198 e. The van der Waals surface area contributed by atoms with Crippen molar-refractivity contribution in [2.45, 2.75) is 19.9 Å². The molecule has 0 spiro atoms. The Balaban J connectivity index is 2.38. The van der Waals surface area contributed by atoms with Gasteiger partial charge in [0.25, 0.3) is 0 Å². The quantitative estimate of drug-likeness (QED) is 0.606. The number of hydrazine groups is 1. The lowest BCUT2D eigenvalue weighted by molar-refractivity contribution is 0.287. The molecule has 0 saturated carbocycles. The van der Waals surface area contributed by atoms with Gasteiger partial charge in [0.05, 0.1) is 25.5 Å². The molecule has 21 heavy (non-hydrogen) atoms. The van der Waals surface area contributed by atoms with Gasteiger partial charge in [-0.3, -0.25) is 5.84 Å². The third-order valence-electron chi connectivity index (χ3n) is 3.02. The van der Waals surface area contributed by atoms with E-state index >= 15 is 0 Å². The predicted molar refractivity (Wildman–Crippen MR) is 81.7 cm³/mol. The first-order valence-electron chi connectivity index (χ1n) is 6.79. The molecule has 0 aliphatic rings. The van der Waals surface area contributed by atoms with Gasteiger partial charge in [-0.25, -0.2) is 5.43 Å². The number of halogens is 1. The zero-order chi connectivity index (χ0) is 15.2. The Morgan fingerprint density at radius 1 is 1.19 bits per heavy atom. The molecular weight excluding hydrogens is 292 g/mol. The summed E-state index contributed by atoms with van der Waals surface area (Å²) in [5.41, 5.74) is 4.42. The molecule has 2 aromatic rings. The van der Waals surface area contributed by atoms with Crippen LogP contribution >= 0.6 is 11.6 Å². The predicted octanol–water partition coefficient (Wildman–Crippen LogP) is 3.28. The maximum atomic E-state index is 6.03. The lowest BCUT2D eigenvalue weighted by Crippen LogP contribution is -2.28. The minimum absolute atomic E-state index is 0.286. The number of ether oxygens (including phenoxy) is 2. The van der Waals surface area contributed by atoms with Crippen molar-refractivity contribution in [2.75, 3.05) is 13.2 Å². The first-order valence-corrected chi connectivity index (χ1v) is 7.17. The van der Waals surface area contributed by atoms with E-state index in [1.54, 1.807) is 6.07 Å². The molecule has 5 nitrogen and oxygen atoms in total. The molecule has 114 valence electrons. The molecular formula is C15H19ClN2O3. The lowest BCUT2D eigenvalue weighted by atomic mass is 10.0. The first-order chi connectivity index (χ1) is 10.2. The van der Waals surface area contributed by atoms with Crippen LogP contribution in [0.3, 0.4) is 0 Å². The van der Waals surface area contributed by atoms with E-state index in [1.165, 1.54) is 6.26 Å². The van der Waals surface area contributed by atoms with Gasteiger partial charge in [-0.2, -0.15) is 0 Å². The summed E-state index contributed by atoms with van der Waals surface area (Å²) in [6.45, 7) is 4.98. The van der Waals surface area contributed by atoms with E-state index < -0.39 is 0 Å². The summed E-state index contributed by atoms with van der Waals surface area (Å²) in [4.78, 5) is 0. The van der Waals surface area contributed by atoms with Gasteiger partial charge >= 0.3 is 0 Å². The van der Waals surface area contributed by atoms with Crippen molar-refractivity contribution in [3.8, 4) is 11.5 Å².